The van der Waals surface area contributed by atoms with Gasteiger partial charge in [0.1, 0.15) is 5.75 Å². The Morgan fingerprint density at radius 1 is 1.35 bits per heavy atom. The van der Waals surface area contributed by atoms with Gasteiger partial charge in [-0.2, -0.15) is 0 Å². The molecule has 3 heterocycles. The number of amides is 3. The number of hydrogen-bond acceptors (Lipinski definition) is 5. The highest BCUT2D eigenvalue weighted by atomic mass is 32.1. The van der Waals surface area contributed by atoms with Crippen LogP contribution in [0.15, 0.2) is 11.4 Å². The second-order valence-electron chi connectivity index (χ2n) is 6.82. The van der Waals surface area contributed by atoms with Crippen molar-refractivity contribution in [1.29, 1.82) is 0 Å². The molecule has 1 unspecified atom stereocenters. The van der Waals surface area contributed by atoms with Gasteiger partial charge >= 0.3 is 0 Å². The molecule has 3 amide bonds. The van der Waals surface area contributed by atoms with E-state index in [2.05, 4.69) is 0 Å². The van der Waals surface area contributed by atoms with E-state index >= 15 is 0 Å². The molecule has 2 saturated heterocycles. The van der Waals surface area contributed by atoms with E-state index in [0.717, 1.165) is 19.3 Å². The van der Waals surface area contributed by atoms with Gasteiger partial charge in [0.2, 0.25) is 11.8 Å². The third-order valence-electron chi connectivity index (χ3n) is 5.14. The van der Waals surface area contributed by atoms with Crippen LogP contribution in [-0.4, -0.2) is 78.8 Å². The number of likely N-dealkylation sites (N-methyl/N-ethyl adjacent to an activating group) is 1. The number of hydrogen-bond donors (Lipinski definition) is 0. The van der Waals surface area contributed by atoms with E-state index in [0.29, 0.717) is 36.7 Å². The van der Waals surface area contributed by atoms with Crippen molar-refractivity contribution < 1.29 is 19.1 Å². The number of rotatable bonds is 5. The number of carbonyl (C=O) groups is 3. The number of likely N-dealkylation sites (tertiary alicyclic amines) is 2. The maximum Gasteiger partial charge on any atom is 0.264 e. The van der Waals surface area contributed by atoms with Gasteiger partial charge in [0.05, 0.1) is 18.5 Å². The molecule has 7 nitrogen and oxygen atoms in total. The van der Waals surface area contributed by atoms with Crippen molar-refractivity contribution in [3.8, 4) is 5.75 Å². The normalized spacial score (nSPS) is 20.4. The molecule has 8 heteroatoms. The predicted octanol–water partition coefficient (Wildman–Crippen LogP) is 1.44. The molecule has 2 aliphatic heterocycles. The van der Waals surface area contributed by atoms with Crippen LogP contribution in [0.1, 0.15) is 35.4 Å². The van der Waals surface area contributed by atoms with Crippen molar-refractivity contribution in [2.75, 3.05) is 40.3 Å². The quantitative estimate of drug-likeness (QED) is 0.776. The molecule has 1 aromatic heterocycles. The van der Waals surface area contributed by atoms with Crippen LogP contribution in [0.5, 0.6) is 5.75 Å². The van der Waals surface area contributed by atoms with Crippen LogP contribution in [0.2, 0.25) is 0 Å². The van der Waals surface area contributed by atoms with E-state index in [4.69, 9.17) is 4.74 Å². The molecule has 1 aromatic rings. The molecule has 3 rings (SSSR count). The fraction of sp³-hybridized carbons (Fsp3) is 0.611. The molecule has 2 fully saturated rings. The smallest absolute Gasteiger partial charge is 0.264 e. The Labute approximate surface area is 157 Å². The summed E-state index contributed by atoms with van der Waals surface area (Å²) in [6.45, 7) is 2.02. The zero-order valence-corrected chi connectivity index (χ0v) is 16.1. The zero-order chi connectivity index (χ0) is 18.7. The lowest BCUT2D eigenvalue weighted by molar-refractivity contribution is -0.139. The molecular formula is C18H25N3O4S. The van der Waals surface area contributed by atoms with Gasteiger partial charge in [0, 0.05) is 50.6 Å². The largest absolute Gasteiger partial charge is 0.496 e. The van der Waals surface area contributed by atoms with Gasteiger partial charge in [-0.25, -0.2) is 0 Å². The molecule has 142 valence electrons. The minimum absolute atomic E-state index is 0.0141. The molecule has 0 spiro atoms. The standard InChI is InChI=1S/C18H25N3O4S/c1-19(17(23)11-20-7-4-6-16(20)22)13-5-3-8-21(10-13)18(24)15-9-14(25-2)12-26-15/h9,12-13H,3-8,10-11H2,1-2H3. The summed E-state index contributed by atoms with van der Waals surface area (Å²) < 4.78 is 5.15. The Kier molecular flexibility index (Phi) is 5.80. The van der Waals surface area contributed by atoms with E-state index in [1.807, 2.05) is 10.3 Å². The lowest BCUT2D eigenvalue weighted by Gasteiger charge is -2.38. The molecule has 26 heavy (non-hydrogen) atoms. The van der Waals surface area contributed by atoms with Gasteiger partial charge in [-0.1, -0.05) is 0 Å². The highest BCUT2D eigenvalue weighted by molar-refractivity contribution is 7.12. The van der Waals surface area contributed by atoms with E-state index in [-0.39, 0.29) is 30.3 Å². The summed E-state index contributed by atoms with van der Waals surface area (Å²) in [7, 11) is 3.36. The lowest BCUT2D eigenvalue weighted by Crippen LogP contribution is -2.52. The predicted molar refractivity (Wildman–Crippen MR) is 98.4 cm³/mol. The monoisotopic (exact) mass is 379 g/mol. The van der Waals surface area contributed by atoms with Crippen LogP contribution in [0.4, 0.5) is 0 Å². The maximum atomic E-state index is 12.7. The Morgan fingerprint density at radius 2 is 2.15 bits per heavy atom. The van der Waals surface area contributed by atoms with Gasteiger partial charge in [-0.15, -0.1) is 11.3 Å². The summed E-state index contributed by atoms with van der Waals surface area (Å²) in [5.74, 6) is 0.671. The first-order valence-corrected chi connectivity index (χ1v) is 9.82. The van der Waals surface area contributed by atoms with Gasteiger partial charge in [0.15, 0.2) is 0 Å². The molecule has 0 aliphatic carbocycles. The Hall–Kier alpha value is -2.09. The highest BCUT2D eigenvalue weighted by Crippen LogP contribution is 2.25. The summed E-state index contributed by atoms with van der Waals surface area (Å²) in [5, 5.41) is 1.82. The fourth-order valence-corrected chi connectivity index (χ4v) is 4.32. The average Bonchev–Trinajstić information content (AvgIpc) is 3.30. The number of thiophene rings is 1. The first-order chi connectivity index (χ1) is 12.5. The van der Waals surface area contributed by atoms with Gasteiger partial charge in [-0.3, -0.25) is 14.4 Å². The fourth-order valence-electron chi connectivity index (χ4n) is 3.50. The third kappa shape index (κ3) is 4.00. The van der Waals surface area contributed by atoms with Crippen LogP contribution < -0.4 is 4.74 Å². The van der Waals surface area contributed by atoms with Crippen LogP contribution in [-0.2, 0) is 9.59 Å². The van der Waals surface area contributed by atoms with Crippen LogP contribution in [0.25, 0.3) is 0 Å². The van der Waals surface area contributed by atoms with E-state index in [9.17, 15) is 14.4 Å². The number of piperidine rings is 1. The van der Waals surface area contributed by atoms with E-state index in [1.165, 1.54) is 11.3 Å². The number of nitrogens with zero attached hydrogens (tertiary/aromatic N) is 3. The number of methoxy groups -OCH3 is 1. The summed E-state index contributed by atoms with van der Waals surface area (Å²) in [6.07, 6.45) is 3.09. The Morgan fingerprint density at radius 3 is 2.81 bits per heavy atom. The molecule has 0 radical (unpaired) electrons. The minimum Gasteiger partial charge on any atom is -0.496 e. The van der Waals surface area contributed by atoms with Crippen LogP contribution in [0.3, 0.4) is 0 Å². The molecule has 2 aliphatic rings. The van der Waals surface area contributed by atoms with Crippen molar-refractivity contribution in [1.82, 2.24) is 14.7 Å². The highest BCUT2D eigenvalue weighted by Gasteiger charge is 2.31. The van der Waals surface area contributed by atoms with Crippen LogP contribution in [0, 0.1) is 0 Å². The summed E-state index contributed by atoms with van der Waals surface area (Å²) in [4.78, 5) is 42.8. The molecule has 0 N–H and O–H groups in total. The molecule has 1 atom stereocenters. The van der Waals surface area contributed by atoms with E-state index in [1.54, 1.807) is 30.0 Å². The second kappa shape index (κ2) is 8.07. The summed E-state index contributed by atoms with van der Waals surface area (Å²) in [5.41, 5.74) is 0. The van der Waals surface area contributed by atoms with Crippen molar-refractivity contribution in [2.24, 2.45) is 0 Å². The second-order valence-corrected chi connectivity index (χ2v) is 7.73. The van der Waals surface area contributed by atoms with Gasteiger partial charge in [-0.05, 0) is 19.3 Å². The van der Waals surface area contributed by atoms with Crippen molar-refractivity contribution >= 4 is 29.1 Å². The van der Waals surface area contributed by atoms with Crippen molar-refractivity contribution in [3.05, 3.63) is 16.3 Å². The lowest BCUT2D eigenvalue weighted by atomic mass is 10.0. The van der Waals surface area contributed by atoms with Crippen molar-refractivity contribution in [3.63, 3.8) is 0 Å². The molecule has 0 saturated carbocycles. The minimum atomic E-state index is -0.0580. The first kappa shape index (κ1) is 18.7. The summed E-state index contributed by atoms with van der Waals surface area (Å²) >= 11 is 1.37. The Bertz CT molecular complexity index is 690. The zero-order valence-electron chi connectivity index (χ0n) is 15.3. The van der Waals surface area contributed by atoms with Gasteiger partial charge in [0.25, 0.3) is 5.91 Å². The molecular weight excluding hydrogens is 354 g/mol. The number of ether oxygens (including phenoxy) is 1. The van der Waals surface area contributed by atoms with Crippen molar-refractivity contribution in [2.45, 2.75) is 31.7 Å². The topological polar surface area (TPSA) is 70.2 Å². The third-order valence-corrected chi connectivity index (χ3v) is 6.04. The average molecular weight is 379 g/mol. The van der Waals surface area contributed by atoms with E-state index < -0.39 is 0 Å². The SMILES string of the molecule is COc1csc(C(=O)N2CCCC(N(C)C(=O)CN3CCCC3=O)C2)c1. The summed E-state index contributed by atoms with van der Waals surface area (Å²) in [6, 6.07) is 1.74. The molecule has 0 bridgehead atoms. The number of carbonyl (C=O) groups excluding carboxylic acids is 3. The maximum absolute atomic E-state index is 12.7. The van der Waals surface area contributed by atoms with Gasteiger partial charge < -0.3 is 19.4 Å². The Balaban J connectivity index is 1.59. The molecule has 0 aromatic carbocycles. The van der Waals surface area contributed by atoms with Crippen LogP contribution >= 0.6 is 11.3 Å². The first-order valence-electron chi connectivity index (χ1n) is 8.95.